The molecule has 0 spiro atoms. The van der Waals surface area contributed by atoms with E-state index >= 15 is 0 Å². The molecular weight excluding hydrogens is 1120 g/mol. The molecule has 4 aromatic heterocycles. The Hall–Kier alpha value is -6.44. The maximum absolute atomic E-state index is 13.8. The number of aliphatic hydroxyl groups is 5. The molecule has 2 aliphatic heterocycles. The third-order valence-electron chi connectivity index (χ3n) is 15.6. The van der Waals surface area contributed by atoms with Crippen LogP contribution in [0.5, 0.6) is 11.5 Å². The van der Waals surface area contributed by atoms with E-state index in [9.17, 15) is 62.1 Å². The van der Waals surface area contributed by atoms with E-state index in [1.54, 1.807) is 27.1 Å². The van der Waals surface area contributed by atoms with E-state index in [1.165, 1.54) is 48.3 Å². The lowest BCUT2D eigenvalue weighted by Gasteiger charge is -2.41. The van der Waals surface area contributed by atoms with Crippen LogP contribution in [0, 0.1) is 22.0 Å². The Kier molecular flexibility index (Phi) is 21.3. The fraction of sp³-hybridized carbons (Fsp3) is 0.593. The predicted octanol–water partition coefficient (Wildman–Crippen LogP) is 3.36. The molecule has 6 heterocycles. The summed E-state index contributed by atoms with van der Waals surface area (Å²) in [5.41, 5.74) is 0.136. The summed E-state index contributed by atoms with van der Waals surface area (Å²) in [7, 11) is -4.56. The Morgan fingerprint density at radius 3 is 1.35 bits per heavy atom. The van der Waals surface area contributed by atoms with Gasteiger partial charge in [0.1, 0.15) is 34.2 Å². The monoisotopic (exact) mass is 1200 g/mol. The van der Waals surface area contributed by atoms with Crippen molar-refractivity contribution < 1.29 is 61.8 Å². The van der Waals surface area contributed by atoms with Gasteiger partial charge in [0.2, 0.25) is 20.0 Å². The summed E-state index contributed by atoms with van der Waals surface area (Å²) < 4.78 is 72.2. The number of rotatable bonds is 26. The van der Waals surface area contributed by atoms with Crippen molar-refractivity contribution >= 4 is 42.1 Å². The number of nitrogens with one attached hydrogen (secondary N) is 2. The Balaban J connectivity index is 0.000000239. The lowest BCUT2D eigenvalue weighted by molar-refractivity contribution is -0.758. The van der Waals surface area contributed by atoms with E-state index < -0.39 is 47.8 Å². The number of hydrogen-bond acceptors (Lipinski definition) is 20. The zero-order valence-corrected chi connectivity index (χ0v) is 49.4. The first kappa shape index (κ1) is 64.1. The number of sulfonamides is 2. The summed E-state index contributed by atoms with van der Waals surface area (Å²) >= 11 is 0. The number of hydrogen-bond donors (Lipinski definition) is 7. The van der Waals surface area contributed by atoms with E-state index in [0.717, 1.165) is 12.8 Å². The van der Waals surface area contributed by atoms with Crippen LogP contribution in [0.4, 0.5) is 0 Å². The molecule has 0 amide bonds. The van der Waals surface area contributed by atoms with Crippen molar-refractivity contribution in [3.05, 3.63) is 78.6 Å². The molecule has 2 fully saturated rings. The molecule has 0 aliphatic carbocycles. The normalized spacial score (nSPS) is 16.0. The van der Waals surface area contributed by atoms with Crippen molar-refractivity contribution in [1.29, 1.82) is 0 Å². The average molecular weight is 1200 g/mol. The van der Waals surface area contributed by atoms with Gasteiger partial charge in [-0.1, -0.05) is 26.7 Å². The fourth-order valence-corrected chi connectivity index (χ4v) is 14.3. The highest BCUT2D eigenvalue weighted by Gasteiger charge is 2.42. The lowest BCUT2D eigenvalue weighted by atomic mass is 9.77. The van der Waals surface area contributed by atoms with Crippen LogP contribution in [0.25, 0.3) is 44.8 Å². The number of piperidine rings is 2. The molecule has 0 radical (unpaired) electrons. The van der Waals surface area contributed by atoms with Gasteiger partial charge in [-0.15, -0.1) is 10.1 Å². The Bertz CT molecular complexity index is 3570. The minimum Gasteiger partial charge on any atom is -0.493 e. The first-order valence-electron chi connectivity index (χ1n) is 28.1. The number of ether oxygens (including phenoxy) is 2. The second-order valence-corrected chi connectivity index (χ2v) is 24.7. The van der Waals surface area contributed by atoms with Crippen molar-refractivity contribution in [3.8, 4) is 34.3 Å². The van der Waals surface area contributed by atoms with Gasteiger partial charge >= 0.3 is 0 Å². The maximum Gasteiger partial charge on any atom is 0.294 e. The minimum atomic E-state index is -4.00. The van der Waals surface area contributed by atoms with Crippen LogP contribution in [0.1, 0.15) is 103 Å². The Morgan fingerprint density at radius 2 is 1.01 bits per heavy atom. The third-order valence-corrected chi connectivity index (χ3v) is 19.4. The van der Waals surface area contributed by atoms with Crippen molar-refractivity contribution in [2.75, 3.05) is 65.8 Å². The largest absolute Gasteiger partial charge is 0.493 e. The molecule has 83 heavy (non-hydrogen) atoms. The molecule has 27 nitrogen and oxygen atoms in total. The second kappa shape index (κ2) is 27.5. The zero-order chi connectivity index (χ0) is 60.4. The number of nitrogens with zero attached hydrogens (tertiary/aromatic N) is 9. The van der Waals surface area contributed by atoms with Crippen LogP contribution >= 0.6 is 0 Å². The third kappa shape index (κ3) is 14.1. The van der Waals surface area contributed by atoms with E-state index in [0.29, 0.717) is 95.0 Å². The second-order valence-electron chi connectivity index (χ2n) is 20.8. The van der Waals surface area contributed by atoms with Gasteiger partial charge < -0.3 is 49.8 Å². The number of benzene rings is 2. The molecule has 2 aliphatic rings. The predicted molar refractivity (Wildman–Crippen MR) is 305 cm³/mol. The molecule has 29 heteroatoms. The van der Waals surface area contributed by atoms with Crippen molar-refractivity contribution in [2.24, 2.45) is 25.9 Å². The van der Waals surface area contributed by atoms with Gasteiger partial charge in [-0.3, -0.25) is 19.0 Å². The van der Waals surface area contributed by atoms with Crippen molar-refractivity contribution in [1.82, 2.24) is 48.1 Å². The van der Waals surface area contributed by atoms with Gasteiger partial charge in [-0.2, -0.15) is 18.8 Å². The van der Waals surface area contributed by atoms with E-state index in [-0.39, 0.29) is 124 Å². The van der Waals surface area contributed by atoms with Gasteiger partial charge in [0.05, 0.1) is 63.3 Å². The first-order chi connectivity index (χ1) is 39.5. The first-order valence-corrected chi connectivity index (χ1v) is 30.9. The molecule has 6 aromatic rings. The molecule has 1 unspecified atom stereocenters. The molecule has 456 valence electrons. The highest BCUT2D eigenvalue weighted by atomic mass is 32.2. The molecule has 8 rings (SSSR count). The number of H-pyrrole nitrogens is 2. The molecule has 1 atom stereocenters. The summed E-state index contributed by atoms with van der Waals surface area (Å²) in [4.78, 5) is 56.0. The number of fused-ring (bicyclic) bond motifs is 2. The number of aromatic amines is 2. The summed E-state index contributed by atoms with van der Waals surface area (Å²) in [6, 6.07) is 8.93. The van der Waals surface area contributed by atoms with Crippen LogP contribution in [0.15, 0.2) is 55.8 Å². The Morgan fingerprint density at radius 1 is 0.639 bits per heavy atom. The molecular formula is C54H77N11O16S2. The van der Waals surface area contributed by atoms with Crippen LogP contribution in [-0.4, -0.2) is 173 Å². The van der Waals surface area contributed by atoms with E-state index in [1.807, 2.05) is 20.8 Å². The zero-order valence-electron chi connectivity index (χ0n) is 47.7. The SMILES string of the molecule is CCCc1nn(C)c2c(=O)[nH]c(-c3cc(S(=O)(=O)N4CCC(C(O)(CCO)CCO)CC4)ccc3OCC)nc12.CCCc1nn(C)c2c(=O)[nH]c(-c3cc(S(=O)(=O)N4CCC(C(O)(CCO)CCO[N+](=O)[O-])CC4)ccc3OCC)nc12. The van der Waals surface area contributed by atoms with E-state index in [4.69, 9.17) is 14.5 Å². The lowest BCUT2D eigenvalue weighted by Crippen LogP contribution is -2.47. The summed E-state index contributed by atoms with van der Waals surface area (Å²) in [5.74, 6) is 0.464. The standard InChI is InChI=1S/C27H38N6O9S.C27H39N5O7S/c1-4-6-21-23-24(31(3)30-21)26(35)29-25(28-23)20-17-19(7-8-22(20)41-5-2)43(39,40)32-13-9-18(10-14-32)27(36,11-15-34)12-16-42-33(37)38;1-4-6-21-23-24(31(3)30-21)26(35)29-25(28-23)20-17-19(7-8-22(20)39-5-2)40(37,38)32-13-9-18(10-14-32)27(36,11-15-33)12-16-34/h7-8,17-18,34,36H,4-6,9-16H2,1-3H3,(H,28,29,35);7-8,17-18,33-34,36H,4-6,9-16H2,1-3H3,(H,28,29,35). The topological polar surface area (TPSA) is 374 Å². The fourth-order valence-electron chi connectivity index (χ4n) is 11.3. The summed E-state index contributed by atoms with van der Waals surface area (Å²) in [5, 5.41) is 68.9. The van der Waals surface area contributed by atoms with Crippen LogP contribution < -0.4 is 20.6 Å². The van der Waals surface area contributed by atoms with Crippen molar-refractivity contribution in [2.45, 2.75) is 126 Å². The van der Waals surface area contributed by atoms with Gasteiger partial charge in [-0.25, -0.2) is 26.8 Å². The molecule has 0 bridgehead atoms. The maximum atomic E-state index is 13.8. The summed E-state index contributed by atoms with van der Waals surface area (Å²) in [6.07, 6.45) is 4.40. The van der Waals surface area contributed by atoms with Crippen LogP contribution in [-0.2, 0) is 51.8 Å². The molecule has 2 saturated heterocycles. The highest BCUT2D eigenvalue weighted by molar-refractivity contribution is 7.89. The van der Waals surface area contributed by atoms with Gasteiger partial charge in [-0.05, 0) is 120 Å². The van der Waals surface area contributed by atoms with Crippen LogP contribution in [0.2, 0.25) is 0 Å². The average Bonchev–Trinajstić information content (AvgIpc) is 3.01. The van der Waals surface area contributed by atoms with Crippen molar-refractivity contribution in [3.63, 3.8) is 0 Å². The smallest absolute Gasteiger partial charge is 0.294 e. The quantitative estimate of drug-likeness (QED) is 0.0302. The highest BCUT2D eigenvalue weighted by Crippen LogP contribution is 2.39. The van der Waals surface area contributed by atoms with Gasteiger partial charge in [0, 0.05) is 66.5 Å². The number of aliphatic hydroxyl groups excluding tert-OH is 3. The Labute approximate surface area is 480 Å². The van der Waals surface area contributed by atoms with Gasteiger partial charge in [0.15, 0.2) is 11.0 Å². The van der Waals surface area contributed by atoms with Crippen LogP contribution in [0.3, 0.4) is 0 Å². The summed E-state index contributed by atoms with van der Waals surface area (Å²) in [6.45, 7) is 7.71. The molecule has 0 saturated carbocycles. The van der Waals surface area contributed by atoms with Gasteiger partial charge in [0.25, 0.3) is 16.2 Å². The van der Waals surface area contributed by atoms with E-state index in [2.05, 4.69) is 30.0 Å². The number of aryl methyl sites for hydroxylation is 4. The minimum absolute atomic E-state index is 0.0137. The molecule has 2 aromatic carbocycles. The molecule has 7 N–H and O–H groups in total. The number of aromatic nitrogens is 8.